The number of carbonyl (C=O) groups excluding carboxylic acids is 2. The molecule has 1 fully saturated rings. The predicted molar refractivity (Wildman–Crippen MR) is 80.8 cm³/mol. The zero-order valence-corrected chi connectivity index (χ0v) is 12.4. The Morgan fingerprint density at radius 3 is 2.71 bits per heavy atom. The van der Waals surface area contributed by atoms with Gasteiger partial charge in [-0.25, -0.2) is 0 Å². The second kappa shape index (κ2) is 4.36. The highest BCUT2D eigenvalue weighted by Crippen LogP contribution is 2.52. The van der Waals surface area contributed by atoms with Gasteiger partial charge in [0.2, 0.25) is 12.1 Å². The van der Waals surface area contributed by atoms with E-state index in [9.17, 15) is 19.8 Å². The Kier molecular flexibility index (Phi) is 2.46. The summed E-state index contributed by atoms with van der Waals surface area (Å²) >= 11 is 0. The van der Waals surface area contributed by atoms with Crippen molar-refractivity contribution < 1.29 is 29.3 Å². The van der Waals surface area contributed by atoms with Crippen LogP contribution in [0.3, 0.4) is 0 Å². The van der Waals surface area contributed by atoms with Crippen LogP contribution in [0.5, 0.6) is 17.2 Å². The van der Waals surface area contributed by atoms with Gasteiger partial charge in [0.05, 0.1) is 23.7 Å². The van der Waals surface area contributed by atoms with E-state index in [0.29, 0.717) is 24.3 Å². The van der Waals surface area contributed by atoms with Crippen LogP contribution in [-0.4, -0.2) is 34.7 Å². The summed E-state index contributed by atoms with van der Waals surface area (Å²) in [6.07, 6.45) is 0.185. The molecule has 0 spiro atoms. The summed E-state index contributed by atoms with van der Waals surface area (Å²) in [6.45, 7) is 0.516. The number of carbonyl (C=O) groups is 2. The number of benzene rings is 2. The van der Waals surface area contributed by atoms with Crippen LogP contribution in [0, 0.1) is 0 Å². The van der Waals surface area contributed by atoms with Crippen molar-refractivity contribution in [2.45, 2.75) is 18.6 Å². The Balaban J connectivity index is 1.79. The van der Waals surface area contributed by atoms with E-state index in [2.05, 4.69) is 0 Å². The third-order valence-corrected chi connectivity index (χ3v) is 4.94. The zero-order chi connectivity index (χ0) is 16.6. The molecule has 1 saturated heterocycles. The molecule has 0 aromatic heterocycles. The van der Waals surface area contributed by atoms with Crippen molar-refractivity contribution in [1.29, 1.82) is 0 Å². The first-order chi connectivity index (χ1) is 11.6. The number of fused-ring (bicyclic) bond motifs is 5. The van der Waals surface area contributed by atoms with Crippen LogP contribution >= 0.6 is 0 Å². The lowest BCUT2D eigenvalue weighted by molar-refractivity contribution is -0.0337. The second-order valence-corrected chi connectivity index (χ2v) is 6.17. The minimum absolute atomic E-state index is 0.0658. The summed E-state index contributed by atoms with van der Waals surface area (Å²) < 4.78 is 11.1. The molecule has 0 radical (unpaired) electrons. The lowest BCUT2D eigenvalue weighted by Crippen LogP contribution is -2.21. The highest BCUT2D eigenvalue weighted by atomic mass is 16.7. The first-order valence-electron chi connectivity index (χ1n) is 7.67. The fraction of sp³-hybridized carbons (Fsp3) is 0.222. The Morgan fingerprint density at radius 2 is 1.88 bits per heavy atom. The third kappa shape index (κ3) is 1.48. The van der Waals surface area contributed by atoms with Crippen molar-refractivity contribution in [3.63, 3.8) is 0 Å². The average Bonchev–Trinajstić information content (AvgIpc) is 3.12. The molecule has 1 aliphatic carbocycles. The predicted octanol–water partition coefficient (Wildman–Crippen LogP) is 2.10. The van der Waals surface area contributed by atoms with E-state index < -0.39 is 17.9 Å². The second-order valence-electron chi connectivity index (χ2n) is 6.17. The van der Waals surface area contributed by atoms with Gasteiger partial charge in [-0.2, -0.15) is 0 Å². The van der Waals surface area contributed by atoms with Crippen LogP contribution in [0.15, 0.2) is 24.3 Å². The van der Waals surface area contributed by atoms with Gasteiger partial charge in [0.15, 0.2) is 5.78 Å². The number of hydrogen-bond donors (Lipinski definition) is 2. The van der Waals surface area contributed by atoms with Gasteiger partial charge in [-0.05, 0) is 18.6 Å². The lowest BCUT2D eigenvalue weighted by Gasteiger charge is -2.21. The third-order valence-electron chi connectivity index (χ3n) is 4.94. The summed E-state index contributed by atoms with van der Waals surface area (Å²) in [5.74, 6) is -1.26. The molecule has 2 heterocycles. The van der Waals surface area contributed by atoms with Gasteiger partial charge in [-0.1, -0.05) is 12.1 Å². The first kappa shape index (κ1) is 13.6. The summed E-state index contributed by atoms with van der Waals surface area (Å²) in [5, 5.41) is 20.7. The van der Waals surface area contributed by atoms with E-state index in [1.54, 1.807) is 0 Å². The standard InChI is InChI=1S/C18H12O6/c19-10-3-1-2-7-12(10)16(21)14-9(15(7)20)6-11-13(17(14)22)8-4-5-23-18(8)24-11/h1-3,6,8,18-19,22H,4-5H2. The van der Waals surface area contributed by atoms with Gasteiger partial charge < -0.3 is 19.7 Å². The summed E-state index contributed by atoms with van der Waals surface area (Å²) in [6, 6.07) is 5.84. The van der Waals surface area contributed by atoms with E-state index >= 15 is 0 Å². The molecule has 5 rings (SSSR count). The zero-order valence-electron chi connectivity index (χ0n) is 12.4. The number of aromatic hydroxyl groups is 2. The number of rotatable bonds is 0. The Labute approximate surface area is 136 Å². The molecule has 0 amide bonds. The number of ether oxygens (including phenoxy) is 2. The summed E-state index contributed by atoms with van der Waals surface area (Å²) in [4.78, 5) is 25.6. The summed E-state index contributed by atoms with van der Waals surface area (Å²) in [5.41, 5.74) is 0.596. The fourth-order valence-corrected chi connectivity index (χ4v) is 3.85. The number of hydrogen-bond acceptors (Lipinski definition) is 6. The van der Waals surface area contributed by atoms with Crippen LogP contribution in [-0.2, 0) is 4.74 Å². The lowest BCUT2D eigenvalue weighted by atomic mass is 9.80. The maximum absolute atomic E-state index is 12.8. The normalized spacial score (nSPS) is 23.3. The van der Waals surface area contributed by atoms with E-state index in [1.807, 2.05) is 0 Å². The van der Waals surface area contributed by atoms with Crippen molar-refractivity contribution in [2.75, 3.05) is 6.61 Å². The number of phenolic OH excluding ortho intramolecular Hbond substituents is 2. The van der Waals surface area contributed by atoms with Crippen LogP contribution < -0.4 is 4.74 Å². The topological polar surface area (TPSA) is 93.1 Å². The molecule has 2 aromatic carbocycles. The van der Waals surface area contributed by atoms with Crippen LogP contribution in [0.25, 0.3) is 0 Å². The quantitative estimate of drug-likeness (QED) is 0.658. The van der Waals surface area contributed by atoms with Crippen LogP contribution in [0.2, 0.25) is 0 Å². The molecule has 2 unspecified atom stereocenters. The van der Waals surface area contributed by atoms with Crippen LogP contribution in [0.4, 0.5) is 0 Å². The molecule has 24 heavy (non-hydrogen) atoms. The smallest absolute Gasteiger partial charge is 0.207 e. The van der Waals surface area contributed by atoms with Gasteiger partial charge in [0, 0.05) is 16.7 Å². The van der Waals surface area contributed by atoms with Crippen molar-refractivity contribution in [3.05, 3.63) is 52.1 Å². The fourth-order valence-electron chi connectivity index (χ4n) is 3.85. The molecule has 120 valence electrons. The molecule has 2 aromatic rings. The van der Waals surface area contributed by atoms with E-state index in [1.165, 1.54) is 24.3 Å². The molecule has 2 atom stereocenters. The highest BCUT2D eigenvalue weighted by molar-refractivity contribution is 6.30. The minimum Gasteiger partial charge on any atom is -0.507 e. The molecule has 2 aliphatic heterocycles. The van der Waals surface area contributed by atoms with Crippen molar-refractivity contribution in [2.24, 2.45) is 0 Å². The highest BCUT2D eigenvalue weighted by Gasteiger charge is 2.45. The Bertz CT molecular complexity index is 945. The molecule has 0 saturated carbocycles. The van der Waals surface area contributed by atoms with Gasteiger partial charge in [0.25, 0.3) is 0 Å². The van der Waals surface area contributed by atoms with Crippen molar-refractivity contribution >= 4 is 11.6 Å². The molecule has 3 aliphatic rings. The van der Waals surface area contributed by atoms with Gasteiger partial charge in [-0.3, -0.25) is 9.59 Å². The monoisotopic (exact) mass is 324 g/mol. The maximum Gasteiger partial charge on any atom is 0.207 e. The molecule has 0 bridgehead atoms. The van der Waals surface area contributed by atoms with Crippen LogP contribution in [0.1, 0.15) is 49.7 Å². The van der Waals surface area contributed by atoms with E-state index in [4.69, 9.17) is 9.47 Å². The van der Waals surface area contributed by atoms with E-state index in [0.717, 1.165) is 0 Å². The first-order valence-corrected chi connectivity index (χ1v) is 7.67. The SMILES string of the molecule is O=C1c2cccc(O)c2C(=O)c2c1cc1c(c2O)C2CCOC2O1. The molecule has 6 heteroatoms. The van der Waals surface area contributed by atoms with Crippen molar-refractivity contribution in [3.8, 4) is 17.2 Å². The average molecular weight is 324 g/mol. The largest absolute Gasteiger partial charge is 0.507 e. The van der Waals surface area contributed by atoms with Crippen molar-refractivity contribution in [1.82, 2.24) is 0 Å². The van der Waals surface area contributed by atoms with Gasteiger partial charge >= 0.3 is 0 Å². The van der Waals surface area contributed by atoms with Gasteiger partial charge in [0.1, 0.15) is 17.2 Å². The van der Waals surface area contributed by atoms with Gasteiger partial charge in [-0.15, -0.1) is 0 Å². The molecule has 6 nitrogen and oxygen atoms in total. The molecular weight excluding hydrogens is 312 g/mol. The number of ketones is 2. The maximum atomic E-state index is 12.8. The minimum atomic E-state index is -0.555. The molecule has 2 N–H and O–H groups in total. The Hall–Kier alpha value is -2.86. The molecular formula is C18H12O6. The number of phenols is 2. The Morgan fingerprint density at radius 1 is 1.04 bits per heavy atom. The summed E-state index contributed by atoms with van der Waals surface area (Å²) in [7, 11) is 0. The van der Waals surface area contributed by atoms with E-state index in [-0.39, 0.29) is 39.7 Å².